The zero-order chi connectivity index (χ0) is 13.8. The van der Waals surface area contributed by atoms with Crippen molar-refractivity contribution in [2.45, 2.75) is 38.9 Å². The first-order valence-electron chi connectivity index (χ1n) is 6.79. The normalized spacial score (nSPS) is 19.4. The van der Waals surface area contributed by atoms with Gasteiger partial charge in [0, 0.05) is 0 Å². The molecule has 0 amide bonds. The number of hydrogen-bond acceptors (Lipinski definition) is 2. The second-order valence-corrected chi connectivity index (χ2v) is 8.54. The summed E-state index contributed by atoms with van der Waals surface area (Å²) in [5.41, 5.74) is 2.86. The Hall–Kier alpha value is 0.343. The molecule has 2 aliphatic rings. The first-order valence-corrected chi connectivity index (χ1v) is 9.25. The van der Waals surface area contributed by atoms with Crippen LogP contribution in [0.2, 0.25) is 0 Å². The molecule has 2 nitrogen and oxygen atoms in total. The molecule has 21 heavy (non-hydrogen) atoms. The van der Waals surface area contributed by atoms with Gasteiger partial charge < -0.3 is 0 Å². The fraction of sp³-hybridized carbons (Fsp3) is 0.500. The SMILES string of the molecule is COC(C)C1=[C]([Zr][C]2=C(C(C)OC)C=CC2)CC=C1.Cl.Cl. The number of methoxy groups -OCH3 is 2. The molecule has 2 atom stereocenters. The van der Waals surface area contributed by atoms with Crippen molar-refractivity contribution in [1.82, 2.24) is 0 Å². The van der Waals surface area contributed by atoms with E-state index in [1.807, 2.05) is 0 Å². The van der Waals surface area contributed by atoms with Gasteiger partial charge >= 0.3 is 128 Å². The van der Waals surface area contributed by atoms with Crippen LogP contribution in [0.4, 0.5) is 0 Å². The number of ether oxygens (including phenoxy) is 2. The van der Waals surface area contributed by atoms with Crippen LogP contribution in [0.15, 0.2) is 42.0 Å². The molecule has 2 rings (SSSR count). The van der Waals surface area contributed by atoms with E-state index >= 15 is 0 Å². The molecule has 0 N–H and O–H groups in total. The van der Waals surface area contributed by atoms with Crippen LogP contribution in [0.5, 0.6) is 0 Å². The fourth-order valence-electron chi connectivity index (χ4n) is 2.49. The third-order valence-corrected chi connectivity index (χ3v) is 7.73. The molecule has 0 aromatic heterocycles. The second kappa shape index (κ2) is 10.2. The van der Waals surface area contributed by atoms with Crippen LogP contribution in [0.3, 0.4) is 0 Å². The molecule has 0 aromatic carbocycles. The maximum absolute atomic E-state index is 5.49. The second-order valence-electron chi connectivity index (χ2n) is 4.96. The Balaban J connectivity index is 0.00000200. The van der Waals surface area contributed by atoms with E-state index in [1.54, 1.807) is 20.8 Å². The maximum atomic E-state index is 5.49. The minimum Gasteiger partial charge on any atom is -0.147 e. The first-order chi connectivity index (χ1) is 9.17. The molecule has 118 valence electrons. The summed E-state index contributed by atoms with van der Waals surface area (Å²) in [5, 5.41) is 0. The standard InChI is InChI=1S/2C8H11O.2ClH.Zr/c2*1-7(9-2)8-5-3-4-6-8;;;/h2*3,5,7H,4H2,1-2H3;2*1H;. The van der Waals surface area contributed by atoms with Crippen molar-refractivity contribution >= 4 is 24.8 Å². The molecule has 5 heteroatoms. The summed E-state index contributed by atoms with van der Waals surface area (Å²) in [5.74, 6) is 0. The van der Waals surface area contributed by atoms with Crippen LogP contribution >= 0.6 is 24.8 Å². The van der Waals surface area contributed by atoms with Gasteiger partial charge in [-0.3, -0.25) is 0 Å². The molecule has 0 bridgehead atoms. The summed E-state index contributed by atoms with van der Waals surface area (Å²) in [6, 6.07) is 0. The average Bonchev–Trinajstić information content (AvgIpc) is 3.06. The Bertz CT molecular complexity index is 425. The van der Waals surface area contributed by atoms with Gasteiger partial charge in [-0.05, 0) is 0 Å². The van der Waals surface area contributed by atoms with Crippen LogP contribution in [0.25, 0.3) is 0 Å². The van der Waals surface area contributed by atoms with Gasteiger partial charge in [0.2, 0.25) is 0 Å². The minimum absolute atomic E-state index is 0. The molecule has 0 saturated carbocycles. The smallest absolute Gasteiger partial charge is 0.147 e. The Morgan fingerprint density at radius 2 is 1.24 bits per heavy atom. The Morgan fingerprint density at radius 1 is 0.857 bits per heavy atom. The van der Waals surface area contributed by atoms with Crippen molar-refractivity contribution in [3.8, 4) is 0 Å². The zero-order valence-corrected chi connectivity index (χ0v) is 17.1. The molecule has 0 aromatic rings. The summed E-state index contributed by atoms with van der Waals surface area (Å²) in [6.45, 7) is 4.29. The molecule has 2 aliphatic carbocycles. The Kier molecular flexibility index (Phi) is 10.3. The summed E-state index contributed by atoms with van der Waals surface area (Å²) >= 11 is -0.676. The van der Waals surface area contributed by atoms with Crippen molar-refractivity contribution in [2.24, 2.45) is 0 Å². The minimum atomic E-state index is -0.676. The number of hydrogen-bond donors (Lipinski definition) is 0. The van der Waals surface area contributed by atoms with Gasteiger partial charge in [-0.2, -0.15) is 0 Å². The van der Waals surface area contributed by atoms with Crippen molar-refractivity contribution in [2.75, 3.05) is 14.2 Å². The van der Waals surface area contributed by atoms with Crippen molar-refractivity contribution < 1.29 is 32.7 Å². The Morgan fingerprint density at radius 3 is 1.57 bits per heavy atom. The fourth-order valence-corrected chi connectivity index (χ4v) is 6.58. The van der Waals surface area contributed by atoms with E-state index in [1.165, 1.54) is 11.1 Å². The van der Waals surface area contributed by atoms with E-state index in [0.717, 1.165) is 12.8 Å². The summed E-state index contributed by atoms with van der Waals surface area (Å²) in [6.07, 6.45) is 11.8. The van der Waals surface area contributed by atoms with E-state index < -0.39 is 23.2 Å². The van der Waals surface area contributed by atoms with Crippen LogP contribution in [0.1, 0.15) is 26.7 Å². The molecule has 0 aliphatic heterocycles. The van der Waals surface area contributed by atoms with E-state index in [-0.39, 0.29) is 37.0 Å². The largest absolute Gasteiger partial charge is 0.147 e. The number of rotatable bonds is 6. The maximum Gasteiger partial charge on any atom is -0.147 e. The van der Waals surface area contributed by atoms with E-state index in [0.29, 0.717) is 0 Å². The molecule has 0 spiro atoms. The van der Waals surface area contributed by atoms with Crippen molar-refractivity contribution in [3.63, 3.8) is 0 Å². The topological polar surface area (TPSA) is 18.5 Å². The summed E-state index contributed by atoms with van der Waals surface area (Å²) in [4.78, 5) is 0. The molecule has 0 saturated heterocycles. The molecular formula is C16H24Cl2O2Zr. The van der Waals surface area contributed by atoms with Gasteiger partial charge in [0.25, 0.3) is 0 Å². The van der Waals surface area contributed by atoms with Crippen molar-refractivity contribution in [1.29, 1.82) is 0 Å². The van der Waals surface area contributed by atoms with Gasteiger partial charge in [0.15, 0.2) is 0 Å². The van der Waals surface area contributed by atoms with Crippen LogP contribution in [0, 0.1) is 0 Å². The summed E-state index contributed by atoms with van der Waals surface area (Å²) < 4.78 is 14.3. The van der Waals surface area contributed by atoms with Gasteiger partial charge in [-0.15, -0.1) is 24.8 Å². The van der Waals surface area contributed by atoms with E-state index in [9.17, 15) is 0 Å². The van der Waals surface area contributed by atoms with Crippen LogP contribution in [-0.4, -0.2) is 26.4 Å². The Labute approximate surface area is 152 Å². The molecular weight excluding hydrogens is 386 g/mol. The summed E-state index contributed by atoms with van der Waals surface area (Å²) in [7, 11) is 3.59. The zero-order valence-electron chi connectivity index (χ0n) is 13.0. The molecule has 0 fully saturated rings. The monoisotopic (exact) mass is 408 g/mol. The number of allylic oxidation sites excluding steroid dienone is 4. The predicted molar refractivity (Wildman–Crippen MR) is 89.0 cm³/mol. The average molecular weight is 410 g/mol. The first kappa shape index (κ1) is 21.3. The van der Waals surface area contributed by atoms with E-state index in [4.69, 9.17) is 9.47 Å². The predicted octanol–water partition coefficient (Wildman–Crippen LogP) is 4.41. The van der Waals surface area contributed by atoms with Gasteiger partial charge in [-0.25, -0.2) is 0 Å². The molecule has 0 heterocycles. The third kappa shape index (κ3) is 5.18. The molecule has 2 unspecified atom stereocenters. The van der Waals surface area contributed by atoms with Gasteiger partial charge in [0.05, 0.1) is 0 Å². The van der Waals surface area contributed by atoms with Crippen LogP contribution in [-0.2, 0) is 32.7 Å². The van der Waals surface area contributed by atoms with E-state index in [2.05, 4.69) is 38.2 Å². The quantitative estimate of drug-likeness (QED) is 0.646. The number of halogens is 2. The van der Waals surface area contributed by atoms with Gasteiger partial charge in [-0.1, -0.05) is 0 Å². The van der Waals surface area contributed by atoms with Crippen molar-refractivity contribution in [3.05, 3.63) is 42.0 Å². The van der Waals surface area contributed by atoms with Crippen LogP contribution < -0.4 is 0 Å². The third-order valence-electron chi connectivity index (χ3n) is 3.82. The van der Waals surface area contributed by atoms with Gasteiger partial charge in [0.1, 0.15) is 0 Å². The molecule has 0 radical (unpaired) electrons.